The van der Waals surface area contributed by atoms with E-state index in [2.05, 4.69) is 20.1 Å². The standard InChI is InChI=1S/C27H22ClN5O5/c28-19-10-21-20(31-26(32-21)38-23-12-37-24-22(34)11-36-25(23)24)9-18(19)16-3-1-14(2-4-16)15-5-7-17(8-6-15)33-27(35)29-13-30-33/h1-10,13,22-25,34H,11-12H2,(H,31,32)(H,29,30,35)/t22-,23-,24-,25-/m1/s1. The smallest absolute Gasteiger partial charge is 0.347 e. The van der Waals surface area contributed by atoms with Crippen LogP contribution in [0.15, 0.2) is 71.8 Å². The molecule has 0 bridgehead atoms. The van der Waals surface area contributed by atoms with Crippen molar-refractivity contribution < 1.29 is 19.3 Å². The number of halogens is 1. The fourth-order valence-electron chi connectivity index (χ4n) is 5.05. The minimum Gasteiger partial charge on any atom is -0.456 e. The fourth-order valence-corrected chi connectivity index (χ4v) is 5.32. The van der Waals surface area contributed by atoms with Gasteiger partial charge in [0.1, 0.15) is 24.6 Å². The van der Waals surface area contributed by atoms with Crippen molar-refractivity contribution in [3.05, 3.63) is 82.5 Å². The number of hydrogen-bond acceptors (Lipinski definition) is 7. The first-order chi connectivity index (χ1) is 18.5. The van der Waals surface area contributed by atoms with E-state index in [0.717, 1.165) is 33.3 Å². The van der Waals surface area contributed by atoms with Gasteiger partial charge in [-0.2, -0.15) is 14.8 Å². The van der Waals surface area contributed by atoms with E-state index in [9.17, 15) is 9.90 Å². The number of fused-ring (bicyclic) bond motifs is 2. The number of nitrogens with one attached hydrogen (secondary N) is 2. The average molecular weight is 532 g/mol. The van der Waals surface area contributed by atoms with Crippen LogP contribution in [0.2, 0.25) is 5.02 Å². The molecule has 192 valence electrons. The van der Waals surface area contributed by atoms with Crippen molar-refractivity contribution >= 4 is 22.6 Å². The van der Waals surface area contributed by atoms with E-state index in [1.54, 1.807) is 0 Å². The molecule has 0 saturated carbocycles. The molecular weight excluding hydrogens is 510 g/mol. The molecule has 0 aliphatic carbocycles. The van der Waals surface area contributed by atoms with E-state index in [-0.39, 0.29) is 30.6 Å². The Labute approximate surface area is 220 Å². The highest BCUT2D eigenvalue weighted by Gasteiger charge is 2.48. The molecule has 4 atom stereocenters. The minimum atomic E-state index is -0.635. The highest BCUT2D eigenvalue weighted by atomic mass is 35.5. The number of aliphatic hydroxyl groups excluding tert-OH is 1. The first-order valence-electron chi connectivity index (χ1n) is 12.1. The van der Waals surface area contributed by atoms with Gasteiger partial charge in [0.05, 0.1) is 35.0 Å². The molecule has 0 spiro atoms. The lowest BCUT2D eigenvalue weighted by atomic mass is 10.00. The summed E-state index contributed by atoms with van der Waals surface area (Å²) in [5.74, 6) is 0. The second kappa shape index (κ2) is 9.10. The summed E-state index contributed by atoms with van der Waals surface area (Å²) in [6, 6.07) is 19.8. The second-order valence-corrected chi connectivity index (χ2v) is 9.75. The molecule has 0 amide bonds. The van der Waals surface area contributed by atoms with Crippen molar-refractivity contribution in [2.75, 3.05) is 13.2 Å². The van der Waals surface area contributed by atoms with Crippen molar-refractivity contribution in [3.8, 4) is 34.0 Å². The van der Waals surface area contributed by atoms with Gasteiger partial charge in [0, 0.05) is 5.56 Å². The molecule has 38 heavy (non-hydrogen) atoms. The van der Waals surface area contributed by atoms with Gasteiger partial charge in [-0.1, -0.05) is 48.0 Å². The molecule has 2 aliphatic rings. The molecule has 10 nitrogen and oxygen atoms in total. The minimum absolute atomic E-state index is 0.241. The summed E-state index contributed by atoms with van der Waals surface area (Å²) in [6.45, 7) is 0.566. The summed E-state index contributed by atoms with van der Waals surface area (Å²) < 4.78 is 18.6. The summed E-state index contributed by atoms with van der Waals surface area (Å²) >= 11 is 6.65. The number of benzene rings is 3. The van der Waals surface area contributed by atoms with E-state index < -0.39 is 6.10 Å². The first kappa shape index (κ1) is 23.2. The van der Waals surface area contributed by atoms with Crippen molar-refractivity contribution in [2.24, 2.45) is 0 Å². The van der Waals surface area contributed by atoms with Crippen LogP contribution < -0.4 is 10.4 Å². The molecular formula is C27H22ClN5O5. The van der Waals surface area contributed by atoms with Crippen LogP contribution in [-0.2, 0) is 9.47 Å². The largest absolute Gasteiger partial charge is 0.456 e. The fraction of sp³-hybridized carbons (Fsp3) is 0.222. The zero-order valence-electron chi connectivity index (χ0n) is 19.9. The Morgan fingerprint density at radius 2 is 1.68 bits per heavy atom. The van der Waals surface area contributed by atoms with Gasteiger partial charge in [0.15, 0.2) is 6.10 Å². The highest BCUT2D eigenvalue weighted by Crippen LogP contribution is 2.35. The van der Waals surface area contributed by atoms with Crippen LogP contribution in [0.5, 0.6) is 6.01 Å². The first-order valence-corrected chi connectivity index (χ1v) is 12.5. The van der Waals surface area contributed by atoms with E-state index >= 15 is 0 Å². The van der Waals surface area contributed by atoms with Gasteiger partial charge in [-0.3, -0.25) is 4.98 Å². The van der Waals surface area contributed by atoms with Gasteiger partial charge >= 0.3 is 5.69 Å². The Hall–Kier alpha value is -3.96. The van der Waals surface area contributed by atoms with Crippen LogP contribution in [0.1, 0.15) is 0 Å². The van der Waals surface area contributed by atoms with Crippen LogP contribution in [0.3, 0.4) is 0 Å². The summed E-state index contributed by atoms with van der Waals surface area (Å²) in [4.78, 5) is 22.1. The maximum absolute atomic E-state index is 11.8. The van der Waals surface area contributed by atoms with Crippen molar-refractivity contribution in [3.63, 3.8) is 0 Å². The van der Waals surface area contributed by atoms with Gasteiger partial charge < -0.3 is 24.3 Å². The van der Waals surface area contributed by atoms with Gasteiger partial charge in [-0.25, -0.2) is 4.79 Å². The van der Waals surface area contributed by atoms with Crippen LogP contribution in [0.4, 0.5) is 0 Å². The lowest BCUT2D eigenvalue weighted by molar-refractivity contribution is 0.00706. The van der Waals surface area contributed by atoms with Gasteiger partial charge in [0.25, 0.3) is 6.01 Å². The Morgan fingerprint density at radius 3 is 2.42 bits per heavy atom. The quantitative estimate of drug-likeness (QED) is 0.317. The third-order valence-corrected chi connectivity index (χ3v) is 7.30. The highest BCUT2D eigenvalue weighted by molar-refractivity contribution is 6.34. The zero-order valence-corrected chi connectivity index (χ0v) is 20.6. The number of hydrogen-bond donors (Lipinski definition) is 3. The molecule has 2 aromatic heterocycles. The number of aromatic amines is 2. The normalized spacial score (nSPS) is 22.7. The summed E-state index contributed by atoms with van der Waals surface area (Å²) in [6.07, 6.45) is -0.309. The van der Waals surface area contributed by atoms with Crippen molar-refractivity contribution in [1.29, 1.82) is 0 Å². The Kier molecular flexibility index (Phi) is 5.55. The van der Waals surface area contributed by atoms with Crippen molar-refractivity contribution in [2.45, 2.75) is 24.4 Å². The zero-order chi connectivity index (χ0) is 25.8. The predicted octanol–water partition coefficient (Wildman–Crippen LogP) is 3.33. The molecule has 5 aromatic rings. The van der Waals surface area contributed by atoms with Gasteiger partial charge in [-0.05, 0) is 41.0 Å². The number of imidazole rings is 1. The third-order valence-electron chi connectivity index (χ3n) is 6.99. The maximum Gasteiger partial charge on any atom is 0.347 e. The molecule has 7 rings (SSSR count). The molecule has 2 fully saturated rings. The molecule has 3 aromatic carbocycles. The van der Waals surface area contributed by atoms with E-state index in [1.165, 1.54) is 11.0 Å². The maximum atomic E-state index is 11.8. The van der Waals surface area contributed by atoms with Gasteiger partial charge in [0.2, 0.25) is 0 Å². The number of H-pyrrole nitrogens is 2. The summed E-state index contributed by atoms with van der Waals surface area (Å²) in [5.41, 5.74) is 5.72. The predicted molar refractivity (Wildman–Crippen MR) is 140 cm³/mol. The lowest BCUT2D eigenvalue weighted by Crippen LogP contribution is -2.34. The molecule has 3 N–H and O–H groups in total. The van der Waals surface area contributed by atoms with Crippen LogP contribution in [-0.4, -0.2) is 67.5 Å². The van der Waals surface area contributed by atoms with Crippen LogP contribution in [0, 0.1) is 0 Å². The molecule has 11 heteroatoms. The monoisotopic (exact) mass is 531 g/mol. The number of nitrogens with zero attached hydrogens (tertiary/aromatic N) is 3. The summed E-state index contributed by atoms with van der Waals surface area (Å²) in [5, 5.41) is 14.5. The average Bonchev–Trinajstić information content (AvgIpc) is 3.71. The van der Waals surface area contributed by atoms with E-state index in [0.29, 0.717) is 23.3 Å². The van der Waals surface area contributed by atoms with Gasteiger partial charge in [-0.15, -0.1) is 0 Å². The molecule has 0 radical (unpaired) electrons. The van der Waals surface area contributed by atoms with E-state index in [1.807, 2.05) is 60.7 Å². The SMILES string of the molecule is O=c1[nH]cnn1-c1ccc(-c2ccc(-c3cc4nc(O[C@@H]5CO[C@H]6[C@@H]5OC[C@H]6O)[nH]c4cc3Cl)cc2)cc1. The lowest BCUT2D eigenvalue weighted by Gasteiger charge is -2.15. The van der Waals surface area contributed by atoms with Crippen LogP contribution >= 0.6 is 11.6 Å². The van der Waals surface area contributed by atoms with Crippen LogP contribution in [0.25, 0.3) is 39.0 Å². The third kappa shape index (κ3) is 3.98. The molecule has 2 saturated heterocycles. The number of aromatic nitrogens is 5. The Balaban J connectivity index is 1.11. The van der Waals surface area contributed by atoms with Crippen molar-refractivity contribution in [1.82, 2.24) is 24.7 Å². The topological polar surface area (TPSA) is 127 Å². The number of ether oxygens (including phenoxy) is 3. The Morgan fingerprint density at radius 1 is 0.974 bits per heavy atom. The number of aliphatic hydroxyl groups is 1. The molecule has 0 unspecified atom stereocenters. The molecule has 2 aliphatic heterocycles. The molecule has 4 heterocycles. The second-order valence-electron chi connectivity index (χ2n) is 9.34. The van der Waals surface area contributed by atoms with E-state index in [4.69, 9.17) is 25.8 Å². The summed E-state index contributed by atoms with van der Waals surface area (Å²) in [7, 11) is 0. The Bertz CT molecular complexity index is 1680. The number of rotatable bonds is 5.